The molecule has 5 rings (SSSR count). The summed E-state index contributed by atoms with van der Waals surface area (Å²) in [5.74, 6) is 2.19. The summed E-state index contributed by atoms with van der Waals surface area (Å²) in [7, 11) is 0. The Morgan fingerprint density at radius 3 is 2.75 bits per heavy atom. The van der Waals surface area contributed by atoms with E-state index >= 15 is 0 Å². The smallest absolute Gasteiger partial charge is 0.226 e. The number of pyridine rings is 1. The van der Waals surface area contributed by atoms with E-state index in [0.29, 0.717) is 17.5 Å². The number of benzene rings is 2. The molecule has 0 saturated heterocycles. The second kappa shape index (κ2) is 8.81. The van der Waals surface area contributed by atoms with Gasteiger partial charge in [-0.1, -0.05) is 53.7 Å². The summed E-state index contributed by atoms with van der Waals surface area (Å²) in [6.07, 6.45) is 3.63. The van der Waals surface area contributed by atoms with E-state index in [2.05, 4.69) is 40.7 Å². The molecule has 32 heavy (non-hydrogen) atoms. The Kier molecular flexibility index (Phi) is 5.72. The monoisotopic (exact) mass is 460 g/mol. The lowest BCUT2D eigenvalue weighted by molar-refractivity contribution is 0.537. The van der Waals surface area contributed by atoms with E-state index in [1.807, 2.05) is 43.5 Å². The highest BCUT2D eigenvalue weighted by molar-refractivity contribution is 7.98. The van der Waals surface area contributed by atoms with Crippen molar-refractivity contribution in [3.05, 3.63) is 94.6 Å². The van der Waals surface area contributed by atoms with E-state index < -0.39 is 0 Å². The average Bonchev–Trinajstić information content (AvgIpc) is 3.34. The maximum absolute atomic E-state index is 6.15. The van der Waals surface area contributed by atoms with E-state index in [-0.39, 0.29) is 0 Å². The Morgan fingerprint density at radius 2 is 1.91 bits per heavy atom. The van der Waals surface area contributed by atoms with Gasteiger partial charge in [0.05, 0.1) is 23.8 Å². The van der Waals surface area contributed by atoms with Crippen molar-refractivity contribution in [1.82, 2.24) is 19.5 Å². The molecule has 3 aromatic heterocycles. The minimum Gasteiger partial charge on any atom is -0.441 e. The fourth-order valence-electron chi connectivity index (χ4n) is 3.59. The van der Waals surface area contributed by atoms with Crippen molar-refractivity contribution >= 4 is 34.4 Å². The maximum Gasteiger partial charge on any atom is 0.226 e. The van der Waals surface area contributed by atoms with Gasteiger partial charge in [0.1, 0.15) is 11.5 Å². The molecule has 5 nitrogen and oxygen atoms in total. The van der Waals surface area contributed by atoms with E-state index in [4.69, 9.17) is 26.0 Å². The normalized spacial score (nSPS) is 11.3. The fourth-order valence-corrected chi connectivity index (χ4v) is 4.87. The first-order valence-corrected chi connectivity index (χ1v) is 11.6. The summed E-state index contributed by atoms with van der Waals surface area (Å²) in [5.41, 5.74) is 6.20. The van der Waals surface area contributed by atoms with Gasteiger partial charge in [0.2, 0.25) is 5.89 Å². The number of aromatic nitrogens is 4. The van der Waals surface area contributed by atoms with Gasteiger partial charge in [-0.15, -0.1) is 0 Å². The Morgan fingerprint density at radius 1 is 1.03 bits per heavy atom. The molecule has 3 heterocycles. The molecule has 0 fully saturated rings. The van der Waals surface area contributed by atoms with Crippen LogP contribution in [0.4, 0.5) is 0 Å². The van der Waals surface area contributed by atoms with Gasteiger partial charge < -0.3 is 8.98 Å². The third kappa shape index (κ3) is 4.16. The Hall–Kier alpha value is -3.09. The summed E-state index contributed by atoms with van der Waals surface area (Å²) in [6, 6.07) is 17.9. The maximum atomic E-state index is 6.15. The average molecular weight is 461 g/mol. The molecule has 0 bridgehead atoms. The first-order valence-electron chi connectivity index (χ1n) is 10.3. The first-order chi connectivity index (χ1) is 15.6. The molecule has 0 amide bonds. The number of rotatable bonds is 6. The van der Waals surface area contributed by atoms with Crippen LogP contribution in [-0.4, -0.2) is 19.5 Å². The Bertz CT molecular complexity index is 1410. The number of imidazole rings is 1. The van der Waals surface area contributed by atoms with Gasteiger partial charge in [-0.05, 0) is 49.2 Å². The van der Waals surface area contributed by atoms with Crippen LogP contribution in [0.3, 0.4) is 0 Å². The van der Waals surface area contributed by atoms with Crippen LogP contribution in [0.15, 0.2) is 76.6 Å². The Balaban J connectivity index is 1.49. The summed E-state index contributed by atoms with van der Waals surface area (Å²) < 4.78 is 8.14. The zero-order valence-electron chi connectivity index (χ0n) is 17.7. The quantitative estimate of drug-likeness (QED) is 0.264. The van der Waals surface area contributed by atoms with Gasteiger partial charge >= 0.3 is 0 Å². The Labute approximate surface area is 195 Å². The molecule has 0 saturated carbocycles. The second-order valence-electron chi connectivity index (χ2n) is 7.59. The SMILES string of the molecule is Cc1ccccc1CSc1nc2ccncc2n1Cc1nc(-c2cccc(Cl)c2)oc1C. The van der Waals surface area contributed by atoms with Crippen molar-refractivity contribution in [2.24, 2.45) is 0 Å². The molecule has 0 unspecified atom stereocenters. The predicted molar refractivity (Wildman–Crippen MR) is 129 cm³/mol. The molecule has 5 aromatic rings. The number of fused-ring (bicyclic) bond motifs is 1. The van der Waals surface area contributed by atoms with Crippen molar-refractivity contribution in [3.8, 4) is 11.5 Å². The van der Waals surface area contributed by atoms with Gasteiger partial charge in [-0.2, -0.15) is 0 Å². The van der Waals surface area contributed by atoms with Crippen LogP contribution in [-0.2, 0) is 12.3 Å². The first kappa shape index (κ1) is 20.8. The number of thioether (sulfide) groups is 1. The molecule has 2 aromatic carbocycles. The van der Waals surface area contributed by atoms with Gasteiger partial charge in [0.15, 0.2) is 5.16 Å². The number of hydrogen-bond acceptors (Lipinski definition) is 5. The number of aryl methyl sites for hydroxylation is 2. The van der Waals surface area contributed by atoms with Crippen molar-refractivity contribution in [2.45, 2.75) is 31.3 Å². The number of hydrogen-bond donors (Lipinski definition) is 0. The minimum absolute atomic E-state index is 0.550. The molecule has 0 spiro atoms. The van der Waals surface area contributed by atoms with Gasteiger partial charge in [0, 0.05) is 22.5 Å². The van der Waals surface area contributed by atoms with E-state index in [9.17, 15) is 0 Å². The lowest BCUT2D eigenvalue weighted by atomic mass is 10.1. The molecular formula is C25H21ClN4OS. The van der Waals surface area contributed by atoms with Crippen LogP contribution >= 0.6 is 23.4 Å². The number of halogens is 1. The zero-order valence-corrected chi connectivity index (χ0v) is 19.3. The topological polar surface area (TPSA) is 56.7 Å². The van der Waals surface area contributed by atoms with Crippen LogP contribution in [0.2, 0.25) is 5.02 Å². The van der Waals surface area contributed by atoms with Crippen molar-refractivity contribution < 1.29 is 4.42 Å². The molecule has 0 aliphatic rings. The number of nitrogens with zero attached hydrogens (tertiary/aromatic N) is 4. The van der Waals surface area contributed by atoms with Crippen molar-refractivity contribution in [3.63, 3.8) is 0 Å². The number of oxazole rings is 1. The van der Waals surface area contributed by atoms with Crippen LogP contribution in [0.1, 0.15) is 22.6 Å². The summed E-state index contributed by atoms with van der Waals surface area (Å²) in [5, 5.41) is 1.59. The van der Waals surface area contributed by atoms with E-state index in [0.717, 1.165) is 39.0 Å². The standard InChI is InChI=1S/C25H21ClN4OS/c1-16-6-3-4-7-19(16)15-32-25-29-21-10-11-27-13-23(21)30(25)14-22-17(2)31-24(28-22)18-8-5-9-20(26)12-18/h3-13H,14-15H2,1-2H3. The largest absolute Gasteiger partial charge is 0.441 e. The van der Waals surface area contributed by atoms with Gasteiger partial charge in [-0.3, -0.25) is 4.98 Å². The fraction of sp³-hybridized carbons (Fsp3) is 0.160. The lowest BCUT2D eigenvalue weighted by Crippen LogP contribution is -2.03. The van der Waals surface area contributed by atoms with Crippen LogP contribution in [0.5, 0.6) is 0 Å². The predicted octanol–water partition coefficient (Wildman–Crippen LogP) is 6.70. The molecule has 160 valence electrons. The zero-order chi connectivity index (χ0) is 22.1. The highest BCUT2D eigenvalue weighted by atomic mass is 35.5. The summed E-state index contributed by atoms with van der Waals surface area (Å²) in [4.78, 5) is 14.0. The van der Waals surface area contributed by atoms with E-state index in [1.165, 1.54) is 11.1 Å². The summed E-state index contributed by atoms with van der Waals surface area (Å²) in [6.45, 7) is 4.63. The molecule has 0 radical (unpaired) electrons. The molecular weight excluding hydrogens is 440 g/mol. The molecule has 0 N–H and O–H groups in total. The molecule has 0 atom stereocenters. The third-order valence-electron chi connectivity index (χ3n) is 5.41. The van der Waals surface area contributed by atoms with Crippen LogP contribution in [0.25, 0.3) is 22.5 Å². The third-order valence-corrected chi connectivity index (χ3v) is 6.67. The van der Waals surface area contributed by atoms with E-state index in [1.54, 1.807) is 18.0 Å². The summed E-state index contributed by atoms with van der Waals surface area (Å²) >= 11 is 7.87. The van der Waals surface area contributed by atoms with Gasteiger partial charge in [0.25, 0.3) is 0 Å². The lowest BCUT2D eigenvalue weighted by Gasteiger charge is -2.09. The second-order valence-corrected chi connectivity index (χ2v) is 8.97. The van der Waals surface area contributed by atoms with Crippen molar-refractivity contribution in [1.29, 1.82) is 0 Å². The molecule has 0 aliphatic heterocycles. The highest BCUT2D eigenvalue weighted by Gasteiger charge is 2.17. The molecule has 7 heteroatoms. The van der Waals surface area contributed by atoms with Crippen LogP contribution in [0, 0.1) is 13.8 Å². The van der Waals surface area contributed by atoms with Gasteiger partial charge in [-0.25, -0.2) is 9.97 Å². The molecule has 0 aliphatic carbocycles. The minimum atomic E-state index is 0.550. The van der Waals surface area contributed by atoms with Crippen molar-refractivity contribution in [2.75, 3.05) is 0 Å². The highest BCUT2D eigenvalue weighted by Crippen LogP contribution is 2.30. The van der Waals surface area contributed by atoms with Crippen LogP contribution < -0.4 is 0 Å².